The van der Waals surface area contributed by atoms with Crippen molar-refractivity contribution in [2.45, 2.75) is 45.7 Å². The number of hydrogen-bond acceptors (Lipinski definition) is 4. The Balaban J connectivity index is 2.03. The maximum absolute atomic E-state index is 14.1. The summed E-state index contributed by atoms with van der Waals surface area (Å²) < 4.78 is 27.7. The van der Waals surface area contributed by atoms with Crippen molar-refractivity contribution in [3.05, 3.63) is 99.1 Å². The van der Waals surface area contributed by atoms with Crippen LogP contribution in [-0.4, -0.2) is 50.5 Å². The summed E-state index contributed by atoms with van der Waals surface area (Å²) in [7, 11) is -3.78. The molecule has 3 rings (SSSR count). The van der Waals surface area contributed by atoms with Gasteiger partial charge in [0.1, 0.15) is 12.6 Å². The third-order valence-corrected chi connectivity index (χ3v) is 8.36. The van der Waals surface area contributed by atoms with Gasteiger partial charge in [-0.3, -0.25) is 13.9 Å². The van der Waals surface area contributed by atoms with E-state index in [0.717, 1.165) is 43.7 Å². The van der Waals surface area contributed by atoms with Gasteiger partial charge < -0.3 is 10.2 Å². The van der Waals surface area contributed by atoms with Gasteiger partial charge in [0, 0.05) is 23.1 Å². The van der Waals surface area contributed by atoms with Gasteiger partial charge in [0.25, 0.3) is 0 Å². The highest BCUT2D eigenvalue weighted by molar-refractivity contribution is 14.1. The second-order valence-corrected chi connectivity index (χ2v) is 12.7. The van der Waals surface area contributed by atoms with Crippen LogP contribution in [0.5, 0.6) is 0 Å². The number of aryl methyl sites for hydroxylation is 1. The SMILES string of the molecule is CCCCNC(=O)[C@H](Cc1ccccc1)N(Cc1ccccc1C)C(=O)CN(c1ccc(I)cc1)S(C)(=O)=O. The fourth-order valence-corrected chi connectivity index (χ4v) is 5.46. The number of carbonyl (C=O) groups excluding carboxylic acids is 2. The van der Waals surface area contributed by atoms with E-state index in [0.29, 0.717) is 18.7 Å². The molecule has 0 aliphatic rings. The summed E-state index contributed by atoms with van der Waals surface area (Å²) in [6, 6.07) is 23.4. The van der Waals surface area contributed by atoms with E-state index in [4.69, 9.17) is 0 Å². The first kappa shape index (κ1) is 30.6. The molecule has 0 spiro atoms. The molecule has 0 heterocycles. The van der Waals surface area contributed by atoms with Crippen molar-refractivity contribution in [3.8, 4) is 0 Å². The Morgan fingerprint density at radius 2 is 1.59 bits per heavy atom. The highest BCUT2D eigenvalue weighted by atomic mass is 127. The number of anilines is 1. The van der Waals surface area contributed by atoms with Gasteiger partial charge in [-0.15, -0.1) is 0 Å². The van der Waals surface area contributed by atoms with Gasteiger partial charge in [0.15, 0.2) is 0 Å². The van der Waals surface area contributed by atoms with Crippen molar-refractivity contribution in [3.63, 3.8) is 0 Å². The van der Waals surface area contributed by atoms with Gasteiger partial charge in [0.05, 0.1) is 11.9 Å². The maximum Gasteiger partial charge on any atom is 0.244 e. The first-order chi connectivity index (χ1) is 18.6. The lowest BCUT2D eigenvalue weighted by atomic mass is 10.0. The lowest BCUT2D eigenvalue weighted by molar-refractivity contribution is -0.140. The van der Waals surface area contributed by atoms with E-state index in [1.165, 1.54) is 4.90 Å². The van der Waals surface area contributed by atoms with Crippen LogP contribution < -0.4 is 9.62 Å². The molecular formula is C30H36IN3O4S. The van der Waals surface area contributed by atoms with Crippen LogP contribution in [0.2, 0.25) is 0 Å². The lowest BCUT2D eigenvalue weighted by Gasteiger charge is -2.34. The van der Waals surface area contributed by atoms with Gasteiger partial charge in [-0.25, -0.2) is 8.42 Å². The van der Waals surface area contributed by atoms with Gasteiger partial charge >= 0.3 is 0 Å². The van der Waals surface area contributed by atoms with Gasteiger partial charge in [-0.1, -0.05) is 67.9 Å². The third kappa shape index (κ3) is 9.06. The smallest absolute Gasteiger partial charge is 0.244 e. The predicted molar refractivity (Wildman–Crippen MR) is 165 cm³/mol. The Kier molecular flexibility index (Phi) is 11.4. The molecular weight excluding hydrogens is 625 g/mol. The quantitative estimate of drug-likeness (QED) is 0.208. The molecule has 39 heavy (non-hydrogen) atoms. The molecule has 0 bridgehead atoms. The molecule has 1 N–H and O–H groups in total. The van der Waals surface area contributed by atoms with Crippen molar-refractivity contribution in [1.29, 1.82) is 0 Å². The number of nitrogens with one attached hydrogen (secondary N) is 1. The van der Waals surface area contributed by atoms with Gasteiger partial charge in [-0.2, -0.15) is 0 Å². The lowest BCUT2D eigenvalue weighted by Crippen LogP contribution is -2.53. The Morgan fingerprint density at radius 3 is 2.21 bits per heavy atom. The molecule has 0 aromatic heterocycles. The van der Waals surface area contributed by atoms with Crippen molar-refractivity contribution in [2.75, 3.05) is 23.7 Å². The number of rotatable bonds is 13. The second kappa shape index (κ2) is 14.5. The number of amides is 2. The summed E-state index contributed by atoms with van der Waals surface area (Å²) in [6.45, 7) is 4.27. The largest absolute Gasteiger partial charge is 0.354 e. The number of halogens is 1. The first-order valence-electron chi connectivity index (χ1n) is 13.0. The molecule has 0 saturated carbocycles. The van der Waals surface area contributed by atoms with E-state index in [2.05, 4.69) is 27.9 Å². The summed E-state index contributed by atoms with van der Waals surface area (Å²) >= 11 is 2.14. The van der Waals surface area contributed by atoms with Crippen LogP contribution in [0, 0.1) is 10.5 Å². The fourth-order valence-electron chi connectivity index (χ4n) is 4.25. The topological polar surface area (TPSA) is 86.8 Å². The highest BCUT2D eigenvalue weighted by Crippen LogP contribution is 2.22. The molecule has 0 radical (unpaired) electrons. The van der Waals surface area contributed by atoms with Crippen LogP contribution in [-0.2, 0) is 32.6 Å². The van der Waals surface area contributed by atoms with Crippen LogP contribution in [0.1, 0.15) is 36.5 Å². The highest BCUT2D eigenvalue weighted by Gasteiger charge is 2.33. The van der Waals surface area contributed by atoms with E-state index in [-0.39, 0.29) is 12.5 Å². The molecule has 0 aliphatic heterocycles. The summed E-state index contributed by atoms with van der Waals surface area (Å²) in [5.41, 5.74) is 3.19. The van der Waals surface area contributed by atoms with E-state index in [9.17, 15) is 18.0 Å². The number of benzene rings is 3. The molecule has 2 amide bonds. The van der Waals surface area contributed by atoms with Crippen LogP contribution in [0.4, 0.5) is 5.69 Å². The summed E-state index contributed by atoms with van der Waals surface area (Å²) in [4.78, 5) is 29.2. The zero-order chi connectivity index (χ0) is 28.4. The molecule has 7 nitrogen and oxygen atoms in total. The normalized spacial score (nSPS) is 12.0. The summed E-state index contributed by atoms with van der Waals surface area (Å²) in [5.74, 6) is -0.705. The van der Waals surface area contributed by atoms with Gasteiger partial charge in [0.2, 0.25) is 21.8 Å². The van der Waals surface area contributed by atoms with E-state index < -0.39 is 28.5 Å². The van der Waals surface area contributed by atoms with Gasteiger partial charge in [-0.05, 0) is 76.9 Å². The summed E-state index contributed by atoms with van der Waals surface area (Å²) in [6.07, 6.45) is 3.14. The minimum Gasteiger partial charge on any atom is -0.354 e. The average molecular weight is 662 g/mol. The zero-order valence-corrected chi connectivity index (χ0v) is 25.6. The number of carbonyl (C=O) groups is 2. The van der Waals surface area contributed by atoms with Crippen molar-refractivity contribution < 1.29 is 18.0 Å². The van der Waals surface area contributed by atoms with E-state index in [1.807, 2.05) is 68.4 Å². The molecule has 9 heteroatoms. The Morgan fingerprint density at radius 1 is 0.949 bits per heavy atom. The van der Waals surface area contributed by atoms with Crippen LogP contribution in [0.15, 0.2) is 78.9 Å². The Labute approximate surface area is 245 Å². The Bertz CT molecular complexity index is 1350. The van der Waals surface area contributed by atoms with E-state index in [1.54, 1.807) is 24.3 Å². The molecule has 1 atom stereocenters. The van der Waals surface area contributed by atoms with Crippen LogP contribution in [0.3, 0.4) is 0 Å². The predicted octanol–water partition coefficient (Wildman–Crippen LogP) is 4.92. The molecule has 0 saturated heterocycles. The molecule has 0 unspecified atom stereocenters. The molecule has 0 aliphatic carbocycles. The fraction of sp³-hybridized carbons (Fsp3) is 0.333. The third-order valence-electron chi connectivity index (χ3n) is 6.50. The minimum absolute atomic E-state index is 0.175. The average Bonchev–Trinajstić information content (AvgIpc) is 2.91. The second-order valence-electron chi connectivity index (χ2n) is 9.54. The molecule has 3 aromatic carbocycles. The maximum atomic E-state index is 14.1. The first-order valence-corrected chi connectivity index (χ1v) is 15.9. The van der Waals surface area contributed by atoms with Crippen molar-refractivity contribution in [2.24, 2.45) is 0 Å². The van der Waals surface area contributed by atoms with Crippen LogP contribution >= 0.6 is 22.6 Å². The molecule has 208 valence electrons. The standard InChI is InChI=1S/C30H36IN3O4S/c1-4-5-19-32-30(36)28(20-24-12-7-6-8-13-24)33(21-25-14-10-9-11-23(25)2)29(35)22-34(39(3,37)38)27-17-15-26(31)16-18-27/h6-18,28H,4-5,19-22H2,1-3H3,(H,32,36)/t28-/m0/s1. The minimum atomic E-state index is -3.78. The zero-order valence-electron chi connectivity index (χ0n) is 22.6. The van der Waals surface area contributed by atoms with Crippen molar-refractivity contribution >= 4 is 50.1 Å². The number of unbranched alkanes of at least 4 members (excludes halogenated alkanes) is 1. The molecule has 0 fully saturated rings. The summed E-state index contributed by atoms with van der Waals surface area (Å²) in [5, 5.41) is 3.00. The molecule has 3 aromatic rings. The van der Waals surface area contributed by atoms with E-state index >= 15 is 0 Å². The number of hydrogen-bond donors (Lipinski definition) is 1. The Hall–Kier alpha value is -2.92. The number of sulfonamides is 1. The number of nitrogens with zero attached hydrogens (tertiary/aromatic N) is 2. The van der Waals surface area contributed by atoms with Crippen LogP contribution in [0.25, 0.3) is 0 Å². The monoisotopic (exact) mass is 661 g/mol. The van der Waals surface area contributed by atoms with Crippen molar-refractivity contribution in [1.82, 2.24) is 10.2 Å².